The number of nitrogens with zero attached hydrogens (tertiary/aromatic N) is 3. The summed E-state index contributed by atoms with van der Waals surface area (Å²) in [5.41, 5.74) is 0. The molecule has 6 nitrogen and oxygen atoms in total. The number of ether oxygens (including phenoxy) is 2. The zero-order chi connectivity index (χ0) is 18.9. The molecule has 1 N–H and O–H groups in total. The monoisotopic (exact) mass is 508 g/mol. The summed E-state index contributed by atoms with van der Waals surface area (Å²) in [6.07, 6.45) is 10.4. The molecule has 0 aromatic carbocycles. The highest BCUT2D eigenvalue weighted by Crippen LogP contribution is 2.18. The molecule has 3 saturated heterocycles. The van der Waals surface area contributed by atoms with Crippen LogP contribution in [-0.4, -0.2) is 87.0 Å². The third kappa shape index (κ3) is 7.29. The van der Waals surface area contributed by atoms with Gasteiger partial charge in [0, 0.05) is 39.3 Å². The number of piperidine rings is 1. The van der Waals surface area contributed by atoms with Gasteiger partial charge in [-0.25, -0.2) is 0 Å². The highest BCUT2D eigenvalue weighted by Gasteiger charge is 2.25. The van der Waals surface area contributed by atoms with E-state index in [0.29, 0.717) is 18.2 Å². The minimum Gasteiger partial charge on any atom is -0.376 e. The molecule has 28 heavy (non-hydrogen) atoms. The first kappa shape index (κ1) is 24.2. The molecular formula is C21H41IN4O2. The van der Waals surface area contributed by atoms with Crippen molar-refractivity contribution in [3.8, 4) is 0 Å². The Labute approximate surface area is 188 Å². The lowest BCUT2D eigenvalue weighted by Gasteiger charge is -2.36. The van der Waals surface area contributed by atoms with Gasteiger partial charge in [0.05, 0.1) is 18.8 Å². The van der Waals surface area contributed by atoms with Crippen molar-refractivity contribution in [2.75, 3.05) is 53.0 Å². The molecule has 3 aliphatic rings. The highest BCUT2D eigenvalue weighted by atomic mass is 127. The van der Waals surface area contributed by atoms with Crippen LogP contribution < -0.4 is 5.32 Å². The van der Waals surface area contributed by atoms with Crippen molar-refractivity contribution in [2.24, 2.45) is 4.99 Å². The molecule has 0 radical (unpaired) electrons. The van der Waals surface area contributed by atoms with Gasteiger partial charge in [0.15, 0.2) is 5.96 Å². The van der Waals surface area contributed by atoms with Crippen molar-refractivity contribution in [3.05, 3.63) is 0 Å². The minimum absolute atomic E-state index is 0. The Bertz CT molecular complexity index is 446. The van der Waals surface area contributed by atoms with Gasteiger partial charge in [-0.1, -0.05) is 6.92 Å². The van der Waals surface area contributed by atoms with Crippen molar-refractivity contribution in [3.63, 3.8) is 0 Å². The summed E-state index contributed by atoms with van der Waals surface area (Å²) in [4.78, 5) is 9.57. The maximum absolute atomic E-state index is 6.15. The quantitative estimate of drug-likeness (QED) is 0.326. The molecule has 3 fully saturated rings. The Morgan fingerprint density at radius 1 is 1.11 bits per heavy atom. The van der Waals surface area contributed by atoms with Crippen molar-refractivity contribution < 1.29 is 9.47 Å². The van der Waals surface area contributed by atoms with E-state index < -0.39 is 0 Å². The largest absolute Gasteiger partial charge is 0.376 e. The molecule has 3 rings (SSSR count). The van der Waals surface area contributed by atoms with E-state index in [9.17, 15) is 0 Å². The van der Waals surface area contributed by atoms with Crippen molar-refractivity contribution in [1.29, 1.82) is 0 Å². The third-order valence-corrected chi connectivity index (χ3v) is 6.37. The summed E-state index contributed by atoms with van der Waals surface area (Å²) in [5.74, 6) is 1.06. The van der Waals surface area contributed by atoms with Gasteiger partial charge in [0.2, 0.25) is 0 Å². The minimum atomic E-state index is 0. The Balaban J connectivity index is 0.00000280. The van der Waals surface area contributed by atoms with E-state index in [2.05, 4.69) is 27.0 Å². The second kappa shape index (κ2) is 13.2. The van der Waals surface area contributed by atoms with Gasteiger partial charge in [-0.15, -0.1) is 24.0 Å². The molecule has 164 valence electrons. The maximum atomic E-state index is 6.15. The first-order chi connectivity index (χ1) is 13.3. The van der Waals surface area contributed by atoms with Gasteiger partial charge >= 0.3 is 0 Å². The standard InChI is InChI=1S/C21H40N4O2.HI/c1-3-18(24-11-5-6-12-24)16-23-21(22-2)25-13-9-19(10-14-25)27-17-20-8-4-7-15-26-20;/h18-20H,3-17H2,1-2H3,(H,22,23);1H. The number of nitrogens with one attached hydrogen (secondary N) is 1. The predicted octanol–water partition coefficient (Wildman–Crippen LogP) is 3.10. The average molecular weight is 508 g/mol. The van der Waals surface area contributed by atoms with Crippen molar-refractivity contribution in [1.82, 2.24) is 15.1 Å². The first-order valence-corrected chi connectivity index (χ1v) is 11.2. The van der Waals surface area contributed by atoms with E-state index in [1.54, 1.807) is 0 Å². The second-order valence-electron chi connectivity index (χ2n) is 8.24. The lowest BCUT2D eigenvalue weighted by molar-refractivity contribution is -0.0721. The molecule has 0 amide bonds. The van der Waals surface area contributed by atoms with Crippen LogP contribution >= 0.6 is 24.0 Å². The number of hydrogen-bond donors (Lipinski definition) is 1. The molecule has 0 bridgehead atoms. The number of hydrogen-bond acceptors (Lipinski definition) is 4. The normalized spacial score (nSPS) is 26.1. The summed E-state index contributed by atoms with van der Waals surface area (Å²) < 4.78 is 11.9. The van der Waals surface area contributed by atoms with Crippen LogP contribution in [0.25, 0.3) is 0 Å². The van der Waals surface area contributed by atoms with Gasteiger partial charge in [-0.05, 0) is 64.5 Å². The molecule has 7 heteroatoms. The van der Waals surface area contributed by atoms with Crippen LogP contribution in [0.4, 0.5) is 0 Å². The average Bonchev–Trinajstić information content (AvgIpc) is 3.26. The van der Waals surface area contributed by atoms with Crippen LogP contribution in [0.1, 0.15) is 58.3 Å². The zero-order valence-corrected chi connectivity index (χ0v) is 20.2. The van der Waals surface area contributed by atoms with Gasteiger partial charge < -0.3 is 19.7 Å². The fourth-order valence-electron chi connectivity index (χ4n) is 4.60. The number of likely N-dealkylation sites (tertiary alicyclic amines) is 2. The lowest BCUT2D eigenvalue weighted by Crippen LogP contribution is -2.50. The summed E-state index contributed by atoms with van der Waals surface area (Å²) in [7, 11) is 1.90. The van der Waals surface area contributed by atoms with Gasteiger partial charge in [-0.2, -0.15) is 0 Å². The van der Waals surface area contributed by atoms with E-state index in [0.717, 1.165) is 58.1 Å². The molecule has 3 aliphatic heterocycles. The summed E-state index contributed by atoms with van der Waals surface area (Å²) in [6, 6.07) is 0.626. The van der Waals surface area contributed by atoms with Gasteiger partial charge in [0.1, 0.15) is 0 Å². The van der Waals surface area contributed by atoms with Crippen molar-refractivity contribution in [2.45, 2.75) is 76.5 Å². The maximum Gasteiger partial charge on any atom is 0.193 e. The summed E-state index contributed by atoms with van der Waals surface area (Å²) >= 11 is 0. The first-order valence-electron chi connectivity index (χ1n) is 11.2. The van der Waals surface area contributed by atoms with E-state index in [-0.39, 0.29) is 24.0 Å². The van der Waals surface area contributed by atoms with E-state index in [1.165, 1.54) is 45.2 Å². The summed E-state index contributed by atoms with van der Waals surface area (Å²) in [5, 5.41) is 3.64. The topological polar surface area (TPSA) is 49.3 Å². The van der Waals surface area contributed by atoms with Gasteiger partial charge in [-0.3, -0.25) is 9.89 Å². The number of guanidine groups is 1. The van der Waals surface area contributed by atoms with Crippen LogP contribution in [0.2, 0.25) is 0 Å². The molecule has 2 atom stereocenters. The van der Waals surface area contributed by atoms with E-state index in [4.69, 9.17) is 9.47 Å². The molecule has 0 spiro atoms. The molecule has 3 heterocycles. The zero-order valence-electron chi connectivity index (χ0n) is 17.9. The smallest absolute Gasteiger partial charge is 0.193 e. The fourth-order valence-corrected chi connectivity index (χ4v) is 4.60. The van der Waals surface area contributed by atoms with Crippen molar-refractivity contribution >= 4 is 29.9 Å². The fraction of sp³-hybridized carbons (Fsp3) is 0.952. The van der Waals surface area contributed by atoms with E-state index in [1.807, 2.05) is 7.05 Å². The number of rotatable bonds is 7. The van der Waals surface area contributed by atoms with Crippen LogP contribution in [-0.2, 0) is 9.47 Å². The molecule has 0 aliphatic carbocycles. The van der Waals surface area contributed by atoms with Crippen LogP contribution in [0, 0.1) is 0 Å². The van der Waals surface area contributed by atoms with E-state index >= 15 is 0 Å². The Hall–Kier alpha value is -0.120. The lowest BCUT2D eigenvalue weighted by atomic mass is 10.1. The van der Waals surface area contributed by atoms with Crippen LogP contribution in [0.15, 0.2) is 4.99 Å². The van der Waals surface area contributed by atoms with Crippen LogP contribution in [0.5, 0.6) is 0 Å². The SMILES string of the molecule is CCC(CNC(=NC)N1CCC(OCC2CCCCO2)CC1)N1CCCC1.I. The number of aliphatic imine (C=N–C) groups is 1. The highest BCUT2D eigenvalue weighted by molar-refractivity contribution is 14.0. The number of halogens is 1. The molecule has 0 aromatic heterocycles. The molecular weight excluding hydrogens is 467 g/mol. The third-order valence-electron chi connectivity index (χ3n) is 6.37. The Morgan fingerprint density at radius 2 is 1.86 bits per heavy atom. The molecule has 2 unspecified atom stereocenters. The van der Waals surface area contributed by atoms with Crippen LogP contribution in [0.3, 0.4) is 0 Å². The second-order valence-corrected chi connectivity index (χ2v) is 8.24. The predicted molar refractivity (Wildman–Crippen MR) is 126 cm³/mol. The molecule has 0 aromatic rings. The summed E-state index contributed by atoms with van der Waals surface area (Å²) in [6.45, 7) is 9.53. The van der Waals surface area contributed by atoms with Gasteiger partial charge in [0.25, 0.3) is 0 Å². The molecule has 0 saturated carbocycles. The Morgan fingerprint density at radius 3 is 2.46 bits per heavy atom. The Kier molecular flexibility index (Phi) is 11.4.